The van der Waals surface area contributed by atoms with Gasteiger partial charge in [-0.2, -0.15) is 0 Å². The normalized spacial score (nSPS) is 24.5. The Morgan fingerprint density at radius 2 is 1.82 bits per heavy atom. The van der Waals surface area contributed by atoms with Gasteiger partial charge in [0.25, 0.3) is 0 Å². The molecule has 0 N–H and O–H groups in total. The molecule has 0 bridgehead atoms. The Bertz CT molecular complexity index is 202. The predicted molar refractivity (Wildman–Crippen MR) is 66.9 cm³/mol. The van der Waals surface area contributed by atoms with Crippen LogP contribution in [0.3, 0.4) is 0 Å². The van der Waals surface area contributed by atoms with E-state index in [0.717, 1.165) is 45.2 Å². The van der Waals surface area contributed by atoms with Crippen molar-refractivity contribution in [3.63, 3.8) is 0 Å². The van der Waals surface area contributed by atoms with E-state index in [1.807, 2.05) is 0 Å². The zero-order chi connectivity index (χ0) is 12.0. The molecule has 17 heavy (non-hydrogen) atoms. The Morgan fingerprint density at radius 1 is 1.12 bits per heavy atom. The SMILES string of the molecule is CCCCOCCC1CCC2(CC1)OCCO2. The lowest BCUT2D eigenvalue weighted by atomic mass is 9.83. The van der Waals surface area contributed by atoms with Crippen LogP contribution in [0, 0.1) is 5.92 Å². The molecule has 0 aromatic carbocycles. The molecule has 1 saturated heterocycles. The van der Waals surface area contributed by atoms with Gasteiger partial charge in [-0.25, -0.2) is 0 Å². The lowest BCUT2D eigenvalue weighted by Gasteiger charge is -2.35. The van der Waals surface area contributed by atoms with Crippen molar-refractivity contribution in [1.82, 2.24) is 0 Å². The van der Waals surface area contributed by atoms with Crippen LogP contribution in [0.25, 0.3) is 0 Å². The summed E-state index contributed by atoms with van der Waals surface area (Å²) in [6.07, 6.45) is 8.24. The van der Waals surface area contributed by atoms with Crippen molar-refractivity contribution in [3.8, 4) is 0 Å². The summed E-state index contributed by atoms with van der Waals surface area (Å²) in [5, 5.41) is 0. The Kier molecular flexibility index (Phi) is 5.26. The van der Waals surface area contributed by atoms with E-state index in [4.69, 9.17) is 14.2 Å². The van der Waals surface area contributed by atoms with Crippen LogP contribution < -0.4 is 0 Å². The molecule has 0 aromatic rings. The minimum atomic E-state index is -0.195. The van der Waals surface area contributed by atoms with Gasteiger partial charge in [-0.1, -0.05) is 13.3 Å². The van der Waals surface area contributed by atoms with Crippen LogP contribution in [-0.2, 0) is 14.2 Å². The van der Waals surface area contributed by atoms with Crippen molar-refractivity contribution in [2.45, 2.75) is 57.7 Å². The molecule has 0 atom stereocenters. The van der Waals surface area contributed by atoms with Gasteiger partial charge in [-0.3, -0.25) is 0 Å². The molecule has 1 heterocycles. The molecular formula is C14H26O3. The van der Waals surface area contributed by atoms with Crippen LogP contribution in [0.5, 0.6) is 0 Å². The van der Waals surface area contributed by atoms with E-state index >= 15 is 0 Å². The number of ether oxygens (including phenoxy) is 3. The van der Waals surface area contributed by atoms with Crippen molar-refractivity contribution in [1.29, 1.82) is 0 Å². The van der Waals surface area contributed by atoms with Crippen LogP contribution in [0.15, 0.2) is 0 Å². The Hall–Kier alpha value is -0.120. The van der Waals surface area contributed by atoms with Crippen molar-refractivity contribution in [3.05, 3.63) is 0 Å². The molecule has 2 aliphatic rings. The molecule has 3 heteroatoms. The second-order valence-corrected chi connectivity index (χ2v) is 5.31. The van der Waals surface area contributed by atoms with E-state index in [-0.39, 0.29) is 5.79 Å². The molecule has 0 amide bonds. The highest BCUT2D eigenvalue weighted by atomic mass is 16.7. The first kappa shape index (κ1) is 13.3. The number of hydrogen-bond acceptors (Lipinski definition) is 3. The summed E-state index contributed by atoms with van der Waals surface area (Å²) in [6.45, 7) is 5.62. The maximum absolute atomic E-state index is 5.73. The summed E-state index contributed by atoms with van der Waals surface area (Å²) in [6, 6.07) is 0. The molecule has 1 spiro atoms. The molecule has 2 fully saturated rings. The van der Waals surface area contributed by atoms with Gasteiger partial charge in [0.1, 0.15) is 0 Å². The largest absolute Gasteiger partial charge is 0.381 e. The van der Waals surface area contributed by atoms with E-state index < -0.39 is 0 Å². The third-order valence-corrected chi connectivity index (χ3v) is 3.99. The lowest BCUT2D eigenvalue weighted by molar-refractivity contribution is -0.183. The summed E-state index contributed by atoms with van der Waals surface area (Å²) in [5.74, 6) is 0.620. The molecule has 1 saturated carbocycles. The maximum atomic E-state index is 5.73. The van der Waals surface area contributed by atoms with Crippen molar-refractivity contribution < 1.29 is 14.2 Å². The summed E-state index contributed by atoms with van der Waals surface area (Å²) in [7, 11) is 0. The van der Waals surface area contributed by atoms with Gasteiger partial charge >= 0.3 is 0 Å². The molecular weight excluding hydrogens is 216 g/mol. The molecule has 0 radical (unpaired) electrons. The first-order chi connectivity index (χ1) is 8.35. The first-order valence-electron chi connectivity index (χ1n) is 7.20. The highest BCUT2D eigenvalue weighted by Crippen LogP contribution is 2.39. The minimum Gasteiger partial charge on any atom is -0.381 e. The van der Waals surface area contributed by atoms with Crippen LogP contribution in [0.2, 0.25) is 0 Å². The molecule has 0 unspecified atom stereocenters. The topological polar surface area (TPSA) is 27.7 Å². The highest BCUT2D eigenvalue weighted by molar-refractivity contribution is 4.82. The predicted octanol–water partition coefficient (Wildman–Crippen LogP) is 3.13. The Morgan fingerprint density at radius 3 is 2.47 bits per heavy atom. The standard InChI is InChI=1S/C14H26O3/c1-2-3-9-15-10-6-13-4-7-14(8-5-13)16-11-12-17-14/h13H,2-12H2,1H3. The van der Waals surface area contributed by atoms with Gasteiger partial charge in [0.2, 0.25) is 0 Å². The molecule has 2 rings (SSSR count). The highest BCUT2D eigenvalue weighted by Gasteiger charge is 2.39. The van der Waals surface area contributed by atoms with Gasteiger partial charge in [0, 0.05) is 26.1 Å². The van der Waals surface area contributed by atoms with E-state index in [0.29, 0.717) is 0 Å². The maximum Gasteiger partial charge on any atom is 0.168 e. The average Bonchev–Trinajstić information content (AvgIpc) is 2.80. The molecule has 1 aliphatic heterocycles. The van der Waals surface area contributed by atoms with Crippen LogP contribution in [-0.4, -0.2) is 32.2 Å². The number of rotatable bonds is 6. The summed E-state index contributed by atoms with van der Waals surface area (Å²) >= 11 is 0. The summed E-state index contributed by atoms with van der Waals surface area (Å²) < 4.78 is 17.1. The lowest BCUT2D eigenvalue weighted by Crippen LogP contribution is -2.35. The second kappa shape index (κ2) is 6.72. The van der Waals surface area contributed by atoms with E-state index in [1.54, 1.807) is 0 Å². The molecule has 3 nitrogen and oxygen atoms in total. The monoisotopic (exact) mass is 242 g/mol. The Labute approximate surface area is 105 Å². The number of unbranched alkanes of at least 4 members (excludes halogenated alkanes) is 1. The van der Waals surface area contributed by atoms with E-state index in [1.165, 1.54) is 32.1 Å². The van der Waals surface area contributed by atoms with Gasteiger partial charge in [-0.15, -0.1) is 0 Å². The van der Waals surface area contributed by atoms with Gasteiger partial charge < -0.3 is 14.2 Å². The molecule has 1 aliphatic carbocycles. The van der Waals surface area contributed by atoms with Gasteiger partial charge in [-0.05, 0) is 31.6 Å². The summed E-state index contributed by atoms with van der Waals surface area (Å²) in [4.78, 5) is 0. The third kappa shape index (κ3) is 3.94. The second-order valence-electron chi connectivity index (χ2n) is 5.31. The van der Waals surface area contributed by atoms with E-state index in [2.05, 4.69) is 6.92 Å². The number of hydrogen-bond donors (Lipinski definition) is 0. The minimum absolute atomic E-state index is 0.195. The van der Waals surface area contributed by atoms with Crippen molar-refractivity contribution >= 4 is 0 Å². The molecule has 0 aromatic heterocycles. The first-order valence-corrected chi connectivity index (χ1v) is 7.20. The average molecular weight is 242 g/mol. The van der Waals surface area contributed by atoms with E-state index in [9.17, 15) is 0 Å². The zero-order valence-corrected chi connectivity index (χ0v) is 11.1. The van der Waals surface area contributed by atoms with Crippen molar-refractivity contribution in [2.24, 2.45) is 5.92 Å². The fourth-order valence-corrected chi connectivity index (χ4v) is 2.79. The van der Waals surface area contributed by atoms with Gasteiger partial charge in [0.15, 0.2) is 5.79 Å². The van der Waals surface area contributed by atoms with Crippen LogP contribution in [0.1, 0.15) is 51.9 Å². The van der Waals surface area contributed by atoms with Crippen LogP contribution in [0.4, 0.5) is 0 Å². The smallest absolute Gasteiger partial charge is 0.168 e. The third-order valence-electron chi connectivity index (χ3n) is 3.99. The Balaban J connectivity index is 1.56. The van der Waals surface area contributed by atoms with Crippen molar-refractivity contribution in [2.75, 3.05) is 26.4 Å². The summed E-state index contributed by atoms with van der Waals surface area (Å²) in [5.41, 5.74) is 0. The quantitative estimate of drug-likeness (QED) is 0.670. The fraction of sp³-hybridized carbons (Fsp3) is 1.00. The van der Waals surface area contributed by atoms with Crippen LogP contribution >= 0.6 is 0 Å². The zero-order valence-electron chi connectivity index (χ0n) is 11.1. The molecule has 100 valence electrons. The van der Waals surface area contributed by atoms with Gasteiger partial charge in [0.05, 0.1) is 13.2 Å². The fourth-order valence-electron chi connectivity index (χ4n) is 2.79.